The predicted molar refractivity (Wildman–Crippen MR) is 82.6 cm³/mol. The second-order valence-corrected chi connectivity index (χ2v) is 9.44. The molecule has 1 aliphatic carbocycles. The van der Waals surface area contributed by atoms with Crippen molar-refractivity contribution in [3.8, 4) is 0 Å². The number of hydrogen-bond acceptors (Lipinski definition) is 5. The highest BCUT2D eigenvalue weighted by Gasteiger charge is 2.35. The Hall–Kier alpha value is -0.630. The van der Waals surface area contributed by atoms with Crippen LogP contribution >= 0.6 is 22.0 Å². The molecule has 1 saturated carbocycles. The molecule has 116 valence electrons. The molecule has 1 aliphatic heterocycles. The Morgan fingerprint density at radius 3 is 2.71 bits per heavy atom. The first kappa shape index (κ1) is 15.3. The number of nitrogens with zero attached hydrogens (tertiary/aromatic N) is 1. The van der Waals surface area contributed by atoms with E-state index in [0.29, 0.717) is 15.8 Å². The van der Waals surface area contributed by atoms with Crippen molar-refractivity contribution in [3.63, 3.8) is 0 Å². The molecule has 5 nitrogen and oxygen atoms in total. The van der Waals surface area contributed by atoms with E-state index in [1.54, 1.807) is 6.92 Å². The zero-order valence-corrected chi connectivity index (χ0v) is 14.0. The van der Waals surface area contributed by atoms with E-state index in [1.165, 1.54) is 18.9 Å². The third-order valence-electron chi connectivity index (χ3n) is 3.98. The fourth-order valence-corrected chi connectivity index (χ4v) is 5.32. The molecule has 1 N–H and O–H groups in total. The number of hydrogen-bond donors (Lipinski definition) is 1. The highest BCUT2D eigenvalue weighted by Crippen LogP contribution is 2.31. The summed E-state index contributed by atoms with van der Waals surface area (Å²) in [5.74, 6) is -0.211. The smallest absolute Gasteiger partial charge is 0.262 e. The van der Waals surface area contributed by atoms with E-state index in [4.69, 9.17) is 10.7 Å². The molecular weight excluding hydrogens is 332 g/mol. The van der Waals surface area contributed by atoms with Gasteiger partial charge in [0.05, 0.1) is 9.77 Å². The molecule has 1 unspecified atom stereocenters. The molecule has 2 fully saturated rings. The summed E-state index contributed by atoms with van der Waals surface area (Å²) < 4.78 is 22.8. The van der Waals surface area contributed by atoms with Crippen LogP contribution in [-0.2, 0) is 9.05 Å². The average Bonchev–Trinajstić information content (AvgIpc) is 2.99. The van der Waals surface area contributed by atoms with Crippen LogP contribution in [0, 0.1) is 6.92 Å². The van der Waals surface area contributed by atoms with Crippen molar-refractivity contribution >= 4 is 37.0 Å². The molecule has 3 rings (SSSR count). The summed E-state index contributed by atoms with van der Waals surface area (Å²) in [5, 5.41) is 2.99. The van der Waals surface area contributed by atoms with Crippen LogP contribution in [0.4, 0.5) is 0 Å². The maximum absolute atomic E-state index is 12.2. The second kappa shape index (κ2) is 5.53. The van der Waals surface area contributed by atoms with E-state index in [2.05, 4.69) is 10.2 Å². The summed E-state index contributed by atoms with van der Waals surface area (Å²) in [4.78, 5) is 15.6. The van der Waals surface area contributed by atoms with Crippen molar-refractivity contribution in [2.45, 2.75) is 43.2 Å². The summed E-state index contributed by atoms with van der Waals surface area (Å²) in [5.41, 5.74) is 0. The van der Waals surface area contributed by atoms with Gasteiger partial charge in [-0.15, -0.1) is 11.3 Å². The first-order valence-electron chi connectivity index (χ1n) is 6.94. The van der Waals surface area contributed by atoms with Gasteiger partial charge in [-0.1, -0.05) is 0 Å². The average molecular weight is 349 g/mol. The van der Waals surface area contributed by atoms with Crippen LogP contribution < -0.4 is 5.32 Å². The Labute approximate surface area is 132 Å². The van der Waals surface area contributed by atoms with Crippen molar-refractivity contribution in [3.05, 3.63) is 15.8 Å². The predicted octanol–water partition coefficient (Wildman–Crippen LogP) is 1.95. The van der Waals surface area contributed by atoms with Gasteiger partial charge in [-0.25, -0.2) is 8.42 Å². The second-order valence-electron chi connectivity index (χ2n) is 5.65. The minimum atomic E-state index is -3.79. The highest BCUT2D eigenvalue weighted by molar-refractivity contribution is 8.13. The third kappa shape index (κ3) is 3.41. The first-order valence-corrected chi connectivity index (χ1v) is 10.1. The molecule has 1 amide bonds. The van der Waals surface area contributed by atoms with E-state index in [-0.39, 0.29) is 16.8 Å². The van der Waals surface area contributed by atoms with Gasteiger partial charge < -0.3 is 5.32 Å². The Bertz CT molecular complexity index is 667. The molecule has 2 aliphatic rings. The largest absolute Gasteiger partial charge is 0.347 e. The number of carbonyl (C=O) groups excluding carboxylic acids is 1. The quantitative estimate of drug-likeness (QED) is 0.844. The standard InChI is InChI=1S/C13H17ClN2O3S2/c1-8-12(21(14,18)19)6-11(20-8)13(17)15-9-4-5-16(7-9)10-2-3-10/h6,9-10H,2-5,7H2,1H3,(H,15,17). The Morgan fingerprint density at radius 1 is 1.43 bits per heavy atom. The van der Waals surface area contributed by atoms with Crippen LogP contribution in [0.3, 0.4) is 0 Å². The molecule has 0 radical (unpaired) electrons. The Kier molecular flexibility index (Phi) is 4.02. The SMILES string of the molecule is Cc1sc(C(=O)NC2CCN(C3CC3)C2)cc1S(=O)(=O)Cl. The summed E-state index contributed by atoms with van der Waals surface area (Å²) in [7, 11) is 1.56. The monoisotopic (exact) mass is 348 g/mol. The normalized spacial score (nSPS) is 23.4. The van der Waals surface area contributed by atoms with Crippen molar-refractivity contribution in [1.82, 2.24) is 10.2 Å². The fraction of sp³-hybridized carbons (Fsp3) is 0.615. The molecule has 0 aromatic carbocycles. The van der Waals surface area contributed by atoms with Crippen LogP contribution in [0.25, 0.3) is 0 Å². The molecule has 21 heavy (non-hydrogen) atoms. The number of likely N-dealkylation sites (tertiary alicyclic amines) is 1. The topological polar surface area (TPSA) is 66.5 Å². The molecule has 2 heterocycles. The Balaban J connectivity index is 1.66. The van der Waals surface area contributed by atoms with Crippen LogP contribution in [0.2, 0.25) is 0 Å². The first-order chi connectivity index (χ1) is 9.84. The maximum atomic E-state index is 12.2. The number of thiophene rings is 1. The number of halogens is 1. The van der Waals surface area contributed by atoms with Gasteiger partial charge in [-0.2, -0.15) is 0 Å². The zero-order valence-electron chi connectivity index (χ0n) is 11.6. The lowest BCUT2D eigenvalue weighted by Crippen LogP contribution is -2.37. The number of nitrogens with one attached hydrogen (secondary N) is 1. The van der Waals surface area contributed by atoms with Gasteiger partial charge in [0.2, 0.25) is 0 Å². The van der Waals surface area contributed by atoms with E-state index in [9.17, 15) is 13.2 Å². The summed E-state index contributed by atoms with van der Waals surface area (Å²) in [6.45, 7) is 3.57. The minimum absolute atomic E-state index is 0.0327. The summed E-state index contributed by atoms with van der Waals surface area (Å²) in [6.07, 6.45) is 3.48. The van der Waals surface area contributed by atoms with Crippen molar-refractivity contribution < 1.29 is 13.2 Å². The van der Waals surface area contributed by atoms with Gasteiger partial charge in [-0.05, 0) is 32.3 Å². The van der Waals surface area contributed by atoms with Gasteiger partial charge >= 0.3 is 0 Å². The third-order valence-corrected chi connectivity index (χ3v) is 6.60. The number of aryl methyl sites for hydroxylation is 1. The zero-order chi connectivity index (χ0) is 15.2. The van der Waals surface area contributed by atoms with Crippen molar-refractivity contribution in [2.24, 2.45) is 0 Å². The van der Waals surface area contributed by atoms with E-state index in [0.717, 1.165) is 30.8 Å². The Morgan fingerprint density at radius 2 is 2.14 bits per heavy atom. The highest BCUT2D eigenvalue weighted by atomic mass is 35.7. The van der Waals surface area contributed by atoms with Crippen LogP contribution in [0.1, 0.15) is 33.8 Å². The van der Waals surface area contributed by atoms with E-state index >= 15 is 0 Å². The van der Waals surface area contributed by atoms with Gasteiger partial charge in [-0.3, -0.25) is 9.69 Å². The van der Waals surface area contributed by atoms with E-state index in [1.807, 2.05) is 0 Å². The lowest BCUT2D eigenvalue weighted by Gasteiger charge is -2.15. The molecule has 1 aromatic rings. The van der Waals surface area contributed by atoms with Crippen LogP contribution in [0.5, 0.6) is 0 Å². The fourth-order valence-electron chi connectivity index (χ4n) is 2.75. The van der Waals surface area contributed by atoms with Gasteiger partial charge in [0.15, 0.2) is 0 Å². The molecular formula is C13H17ClN2O3S2. The van der Waals surface area contributed by atoms with Crippen molar-refractivity contribution in [1.29, 1.82) is 0 Å². The summed E-state index contributed by atoms with van der Waals surface area (Å²) >= 11 is 1.16. The van der Waals surface area contributed by atoms with Crippen LogP contribution in [-0.4, -0.2) is 44.4 Å². The molecule has 8 heteroatoms. The van der Waals surface area contributed by atoms with Crippen molar-refractivity contribution in [2.75, 3.05) is 13.1 Å². The van der Waals surface area contributed by atoms with E-state index < -0.39 is 9.05 Å². The molecule has 1 atom stereocenters. The number of amides is 1. The van der Waals surface area contributed by atoms with Gasteiger partial charge in [0.25, 0.3) is 15.0 Å². The minimum Gasteiger partial charge on any atom is -0.347 e. The lowest BCUT2D eigenvalue weighted by molar-refractivity contribution is 0.0941. The van der Waals surface area contributed by atoms with Crippen LogP contribution in [0.15, 0.2) is 11.0 Å². The number of carbonyl (C=O) groups is 1. The summed E-state index contributed by atoms with van der Waals surface area (Å²) in [6, 6.07) is 2.23. The molecule has 0 spiro atoms. The molecule has 1 aromatic heterocycles. The molecule has 0 bridgehead atoms. The van der Waals surface area contributed by atoms with Gasteiger partial charge in [0.1, 0.15) is 0 Å². The lowest BCUT2D eigenvalue weighted by atomic mass is 10.2. The van der Waals surface area contributed by atoms with Gasteiger partial charge in [0, 0.05) is 40.7 Å². The molecule has 1 saturated heterocycles. The number of rotatable bonds is 4. The maximum Gasteiger partial charge on any atom is 0.262 e.